The van der Waals surface area contributed by atoms with Gasteiger partial charge in [-0.15, -0.1) is 0 Å². The van der Waals surface area contributed by atoms with E-state index in [1.165, 1.54) is 0 Å². The van der Waals surface area contributed by atoms with Crippen LogP contribution in [0.3, 0.4) is 0 Å². The summed E-state index contributed by atoms with van der Waals surface area (Å²) in [6.45, 7) is 5.65. The molecule has 0 saturated carbocycles. The van der Waals surface area contributed by atoms with Crippen LogP contribution in [0.15, 0.2) is 0 Å². The largest absolute Gasteiger partial charge is 0.346 e. The Kier molecular flexibility index (Phi) is 5.36. The van der Waals surface area contributed by atoms with Crippen molar-refractivity contribution in [2.45, 2.75) is 52.1 Å². The van der Waals surface area contributed by atoms with E-state index in [9.17, 15) is 18.0 Å². The molecule has 26 heavy (non-hydrogen) atoms. The second-order valence-electron chi connectivity index (χ2n) is 6.89. The molecule has 2 amide bonds. The molecule has 0 radical (unpaired) electrons. The third-order valence-electron chi connectivity index (χ3n) is 5.14. The molecular weight excluding hydrogens is 356 g/mol. The molecule has 0 aliphatic carbocycles. The van der Waals surface area contributed by atoms with Gasteiger partial charge >= 0.3 is 0 Å². The van der Waals surface area contributed by atoms with Crippen molar-refractivity contribution in [3.05, 3.63) is 17.2 Å². The molecule has 3 heterocycles. The van der Waals surface area contributed by atoms with E-state index >= 15 is 0 Å². The van der Waals surface area contributed by atoms with E-state index in [0.29, 0.717) is 31.7 Å². The van der Waals surface area contributed by atoms with E-state index in [1.54, 1.807) is 4.90 Å². The molecule has 1 atom stereocenters. The second-order valence-corrected chi connectivity index (χ2v) is 9.12. The fourth-order valence-electron chi connectivity index (χ4n) is 3.71. The number of carbonyl (C=O) groups excluding carboxylic acids is 2. The van der Waals surface area contributed by atoms with Gasteiger partial charge in [-0.1, -0.05) is 0 Å². The lowest BCUT2D eigenvalue weighted by Gasteiger charge is -2.20. The zero-order valence-electron chi connectivity index (χ0n) is 15.3. The first-order valence-electron chi connectivity index (χ1n) is 9.26. The maximum absolute atomic E-state index is 12.8. The number of aromatic nitrogens is 2. The molecule has 2 aliphatic rings. The number of nitrogens with one attached hydrogen (secondary N) is 1. The van der Waals surface area contributed by atoms with Gasteiger partial charge in [0.1, 0.15) is 5.69 Å². The Bertz CT molecular complexity index is 811. The first-order chi connectivity index (χ1) is 12.4. The van der Waals surface area contributed by atoms with Gasteiger partial charge in [-0.05, 0) is 39.5 Å². The third kappa shape index (κ3) is 3.62. The summed E-state index contributed by atoms with van der Waals surface area (Å²) < 4.78 is 25.0. The van der Waals surface area contributed by atoms with E-state index in [1.807, 2.05) is 18.4 Å². The van der Waals surface area contributed by atoms with Gasteiger partial charge in [0.05, 0.1) is 17.2 Å². The van der Waals surface area contributed by atoms with Crippen molar-refractivity contribution in [2.75, 3.05) is 24.6 Å². The molecular formula is C17H26N4O4S. The van der Waals surface area contributed by atoms with Crippen LogP contribution in [0.25, 0.3) is 0 Å². The van der Waals surface area contributed by atoms with Gasteiger partial charge in [0.2, 0.25) is 0 Å². The minimum atomic E-state index is -3.07. The number of rotatable bonds is 5. The van der Waals surface area contributed by atoms with E-state index in [4.69, 9.17) is 0 Å². The van der Waals surface area contributed by atoms with Crippen molar-refractivity contribution in [1.82, 2.24) is 19.8 Å². The zero-order chi connectivity index (χ0) is 18.9. The number of sulfone groups is 1. The first-order valence-corrected chi connectivity index (χ1v) is 11.1. The van der Waals surface area contributed by atoms with Gasteiger partial charge in [0, 0.05) is 25.7 Å². The van der Waals surface area contributed by atoms with Crippen molar-refractivity contribution >= 4 is 21.7 Å². The maximum Gasteiger partial charge on any atom is 0.287 e. The van der Waals surface area contributed by atoms with Crippen LogP contribution in [0.4, 0.5) is 0 Å². The molecule has 0 spiro atoms. The molecule has 1 unspecified atom stereocenters. The highest BCUT2D eigenvalue weighted by Gasteiger charge is 2.33. The predicted octanol–water partition coefficient (Wildman–Crippen LogP) is 0.618. The summed E-state index contributed by atoms with van der Waals surface area (Å²) in [7, 11) is -3.07. The predicted molar refractivity (Wildman–Crippen MR) is 96.9 cm³/mol. The number of fused-ring (bicyclic) bond motifs is 1. The highest BCUT2D eigenvalue weighted by Crippen LogP contribution is 2.23. The van der Waals surface area contributed by atoms with E-state index in [0.717, 1.165) is 25.0 Å². The first kappa shape index (κ1) is 18.9. The van der Waals surface area contributed by atoms with Crippen LogP contribution in [0.2, 0.25) is 0 Å². The van der Waals surface area contributed by atoms with Crippen LogP contribution >= 0.6 is 0 Å². The number of hydrogen-bond donors (Lipinski definition) is 1. The van der Waals surface area contributed by atoms with Crippen LogP contribution < -0.4 is 5.32 Å². The van der Waals surface area contributed by atoms with Crippen molar-refractivity contribution in [1.29, 1.82) is 0 Å². The zero-order valence-corrected chi connectivity index (χ0v) is 16.1. The monoisotopic (exact) mass is 382 g/mol. The molecule has 1 fully saturated rings. The van der Waals surface area contributed by atoms with Crippen molar-refractivity contribution < 1.29 is 18.0 Å². The molecule has 0 aromatic carbocycles. The Labute approximate surface area is 153 Å². The van der Waals surface area contributed by atoms with Crippen LogP contribution in [-0.4, -0.2) is 65.3 Å². The van der Waals surface area contributed by atoms with Crippen molar-refractivity contribution in [3.63, 3.8) is 0 Å². The summed E-state index contributed by atoms with van der Waals surface area (Å²) in [4.78, 5) is 31.6. The fourth-order valence-corrected chi connectivity index (χ4v) is 5.38. The fraction of sp³-hybridized carbons (Fsp3) is 0.706. The van der Waals surface area contributed by atoms with Crippen molar-refractivity contribution in [3.8, 4) is 0 Å². The Hall–Kier alpha value is -1.90. The van der Waals surface area contributed by atoms with Gasteiger partial charge in [0.15, 0.2) is 15.7 Å². The molecule has 1 N–H and O–H groups in total. The molecule has 0 bridgehead atoms. The Morgan fingerprint density at radius 1 is 1.27 bits per heavy atom. The van der Waals surface area contributed by atoms with E-state index in [-0.39, 0.29) is 29.3 Å². The molecule has 1 saturated heterocycles. The van der Waals surface area contributed by atoms with Gasteiger partial charge in [-0.3, -0.25) is 9.59 Å². The molecule has 9 heteroatoms. The summed E-state index contributed by atoms with van der Waals surface area (Å²) >= 11 is 0. The average Bonchev–Trinajstić information content (AvgIpc) is 3.16. The standard InChI is InChI=1S/C17H26N4O4S/c1-3-20(4-2)17(23)14-13-7-5-6-9-21(13)15(19-14)16(22)18-12-8-10-26(24,25)11-12/h12H,3-11H2,1-2H3,(H,18,22). The quantitative estimate of drug-likeness (QED) is 0.804. The summed E-state index contributed by atoms with van der Waals surface area (Å²) in [5.74, 6) is -0.252. The molecule has 1 aromatic rings. The summed E-state index contributed by atoms with van der Waals surface area (Å²) in [6.07, 6.45) is 3.04. The van der Waals surface area contributed by atoms with E-state index in [2.05, 4.69) is 10.3 Å². The number of imidazole rings is 1. The lowest BCUT2D eigenvalue weighted by atomic mass is 10.1. The van der Waals surface area contributed by atoms with Crippen LogP contribution in [-0.2, 0) is 22.8 Å². The molecule has 144 valence electrons. The number of hydrogen-bond acceptors (Lipinski definition) is 5. The highest BCUT2D eigenvalue weighted by molar-refractivity contribution is 7.91. The maximum atomic E-state index is 12.8. The molecule has 8 nitrogen and oxygen atoms in total. The average molecular weight is 382 g/mol. The highest BCUT2D eigenvalue weighted by atomic mass is 32.2. The minimum absolute atomic E-state index is 0.0302. The lowest BCUT2D eigenvalue weighted by Crippen LogP contribution is -2.37. The van der Waals surface area contributed by atoms with Gasteiger partial charge in [-0.25, -0.2) is 13.4 Å². The minimum Gasteiger partial charge on any atom is -0.346 e. The number of carbonyl (C=O) groups is 2. The van der Waals surface area contributed by atoms with Crippen LogP contribution in [0.1, 0.15) is 59.9 Å². The Morgan fingerprint density at radius 2 is 2.00 bits per heavy atom. The van der Waals surface area contributed by atoms with Crippen molar-refractivity contribution in [2.24, 2.45) is 0 Å². The normalized spacial score (nSPS) is 21.2. The Balaban J connectivity index is 1.87. The number of amides is 2. The van der Waals surface area contributed by atoms with Gasteiger partial charge in [0.25, 0.3) is 11.8 Å². The lowest BCUT2D eigenvalue weighted by molar-refractivity contribution is 0.0766. The smallest absolute Gasteiger partial charge is 0.287 e. The third-order valence-corrected chi connectivity index (χ3v) is 6.91. The SMILES string of the molecule is CCN(CC)C(=O)c1nc(C(=O)NC2CCS(=O)(=O)C2)n2c1CCCC2. The summed E-state index contributed by atoms with van der Waals surface area (Å²) in [5.41, 5.74) is 1.18. The van der Waals surface area contributed by atoms with Crippen LogP contribution in [0, 0.1) is 0 Å². The second kappa shape index (κ2) is 7.38. The molecule has 3 rings (SSSR count). The van der Waals surface area contributed by atoms with Gasteiger partial charge in [-0.2, -0.15) is 0 Å². The Morgan fingerprint density at radius 3 is 2.62 bits per heavy atom. The molecule has 1 aromatic heterocycles. The van der Waals surface area contributed by atoms with E-state index < -0.39 is 15.7 Å². The topological polar surface area (TPSA) is 101 Å². The molecule has 2 aliphatic heterocycles. The van der Waals surface area contributed by atoms with Crippen LogP contribution in [0.5, 0.6) is 0 Å². The summed E-state index contributed by atoms with van der Waals surface area (Å²) in [6, 6.07) is -0.383. The number of nitrogens with zero attached hydrogens (tertiary/aromatic N) is 3. The van der Waals surface area contributed by atoms with Gasteiger partial charge < -0.3 is 14.8 Å². The summed E-state index contributed by atoms with van der Waals surface area (Å²) in [5, 5.41) is 2.78.